The van der Waals surface area contributed by atoms with E-state index in [1.165, 1.54) is 48.5 Å². The third-order valence-corrected chi connectivity index (χ3v) is 8.75. The van der Waals surface area contributed by atoms with Gasteiger partial charge in [0, 0.05) is 11.3 Å². The van der Waals surface area contributed by atoms with Gasteiger partial charge >= 0.3 is 0 Å². The first-order valence-electron chi connectivity index (χ1n) is 9.53. The number of nitrogens with zero attached hydrogens (tertiary/aromatic N) is 2. The number of halogens is 2. The van der Waals surface area contributed by atoms with E-state index in [1.807, 2.05) is 0 Å². The summed E-state index contributed by atoms with van der Waals surface area (Å²) in [4.78, 5) is 0.0712. The van der Waals surface area contributed by atoms with Gasteiger partial charge < -0.3 is 10.4 Å². The Morgan fingerprint density at radius 2 is 1.67 bits per heavy atom. The van der Waals surface area contributed by atoms with Gasteiger partial charge in [-0.25, -0.2) is 8.42 Å². The summed E-state index contributed by atoms with van der Waals surface area (Å²) in [6.07, 6.45) is 0. The molecule has 4 rings (SSSR count). The molecule has 0 radical (unpaired) electrons. The van der Waals surface area contributed by atoms with Gasteiger partial charge in [0.15, 0.2) is 5.84 Å². The van der Waals surface area contributed by atoms with E-state index in [2.05, 4.69) is 9.71 Å². The van der Waals surface area contributed by atoms with Gasteiger partial charge in [0.1, 0.15) is 4.90 Å². The van der Waals surface area contributed by atoms with Crippen LogP contribution in [-0.2, 0) is 20.0 Å². The van der Waals surface area contributed by atoms with Crippen molar-refractivity contribution in [1.29, 1.82) is 0 Å². The van der Waals surface area contributed by atoms with Crippen LogP contribution in [0.3, 0.4) is 0 Å². The number of hydrogen-bond acceptors (Lipinski definition) is 6. The molecule has 0 unspecified atom stereocenters. The van der Waals surface area contributed by atoms with Crippen LogP contribution in [0.4, 0.5) is 11.4 Å². The molecule has 0 saturated carbocycles. The summed E-state index contributed by atoms with van der Waals surface area (Å²) in [6.45, 7) is -0.599. The molecule has 1 aliphatic rings. The van der Waals surface area contributed by atoms with E-state index in [0.29, 0.717) is 11.3 Å². The summed E-state index contributed by atoms with van der Waals surface area (Å²) in [7, 11) is -7.82. The topological polar surface area (TPSA) is 116 Å². The van der Waals surface area contributed by atoms with Crippen LogP contribution in [0.2, 0.25) is 10.0 Å². The number of hydrogen-bond donors (Lipinski definition) is 2. The molecule has 0 fully saturated rings. The molecule has 0 spiro atoms. The lowest BCUT2D eigenvalue weighted by Crippen LogP contribution is -2.33. The SMILES string of the molecule is O=S1(=O)N=C(Nc2ccc(S(=O)(=O)N(CCO)c3ccc(Cl)c(Cl)c3)cc2)c2ccccc21. The highest BCUT2D eigenvalue weighted by atomic mass is 35.5. The van der Waals surface area contributed by atoms with Crippen molar-refractivity contribution in [3.8, 4) is 0 Å². The Kier molecular flexibility index (Phi) is 6.39. The lowest BCUT2D eigenvalue weighted by molar-refractivity contribution is 0.306. The van der Waals surface area contributed by atoms with Crippen LogP contribution < -0.4 is 9.62 Å². The summed E-state index contributed by atoms with van der Waals surface area (Å²) in [5, 5.41) is 12.8. The molecule has 8 nitrogen and oxygen atoms in total. The van der Waals surface area contributed by atoms with Crippen LogP contribution >= 0.6 is 23.2 Å². The largest absolute Gasteiger partial charge is 0.394 e. The maximum absolute atomic E-state index is 13.2. The quantitative estimate of drug-likeness (QED) is 0.506. The molecule has 3 aromatic rings. The van der Waals surface area contributed by atoms with Gasteiger partial charge in [-0.1, -0.05) is 35.3 Å². The molecule has 0 aliphatic carbocycles. The van der Waals surface area contributed by atoms with Crippen LogP contribution in [0, 0.1) is 0 Å². The number of anilines is 2. The maximum atomic E-state index is 13.2. The van der Waals surface area contributed by atoms with Gasteiger partial charge in [-0.15, -0.1) is 4.40 Å². The minimum absolute atomic E-state index is 0.0334. The standard InChI is InChI=1S/C21H17Cl2N3O5S2/c22-18-10-7-15(13-19(18)23)26(11-12-27)33(30,31)16-8-5-14(6-9-16)24-21-17-3-1-2-4-20(17)32(28,29)25-21/h1-10,13,27H,11-12H2,(H,24,25). The van der Waals surface area contributed by atoms with E-state index in [9.17, 15) is 21.9 Å². The minimum atomic E-state index is -4.04. The Balaban J connectivity index is 1.62. The van der Waals surface area contributed by atoms with Crippen molar-refractivity contribution in [3.63, 3.8) is 0 Å². The van der Waals surface area contributed by atoms with Gasteiger partial charge in [0.05, 0.1) is 33.8 Å². The zero-order valence-corrected chi connectivity index (χ0v) is 20.0. The van der Waals surface area contributed by atoms with Gasteiger partial charge in [0.2, 0.25) is 0 Å². The summed E-state index contributed by atoms with van der Waals surface area (Å²) in [5.74, 6) is 0.152. The zero-order chi connectivity index (χ0) is 23.8. The van der Waals surface area contributed by atoms with E-state index in [0.717, 1.165) is 4.31 Å². The van der Waals surface area contributed by atoms with Gasteiger partial charge in [0.25, 0.3) is 20.0 Å². The fourth-order valence-electron chi connectivity index (χ4n) is 3.29. The van der Waals surface area contributed by atoms with E-state index in [1.54, 1.807) is 18.2 Å². The molecule has 12 heteroatoms. The second kappa shape index (κ2) is 8.96. The number of fused-ring (bicyclic) bond motifs is 1. The van der Waals surface area contributed by atoms with E-state index in [-0.39, 0.29) is 37.9 Å². The molecule has 172 valence electrons. The third-order valence-electron chi connectivity index (χ3n) is 4.83. The molecule has 0 saturated heterocycles. The molecule has 0 atom stereocenters. The Labute approximate surface area is 201 Å². The summed E-state index contributed by atoms with van der Waals surface area (Å²) >= 11 is 12.0. The van der Waals surface area contributed by atoms with Crippen LogP contribution in [0.15, 0.2) is 80.9 Å². The Bertz CT molecular complexity index is 1460. The molecule has 2 N–H and O–H groups in total. The first-order chi connectivity index (χ1) is 15.6. The fraction of sp³-hybridized carbons (Fsp3) is 0.0952. The van der Waals surface area contributed by atoms with E-state index in [4.69, 9.17) is 23.2 Å². The van der Waals surface area contributed by atoms with Crippen molar-refractivity contribution in [2.24, 2.45) is 4.40 Å². The monoisotopic (exact) mass is 525 g/mol. The van der Waals surface area contributed by atoms with Gasteiger partial charge in [-0.3, -0.25) is 4.31 Å². The second-order valence-corrected chi connectivity index (χ2v) is 11.2. The van der Waals surface area contributed by atoms with Crippen molar-refractivity contribution in [1.82, 2.24) is 0 Å². The van der Waals surface area contributed by atoms with Crippen molar-refractivity contribution in [2.75, 3.05) is 22.8 Å². The van der Waals surface area contributed by atoms with Crippen LogP contribution in [0.25, 0.3) is 0 Å². The first kappa shape index (κ1) is 23.5. The lowest BCUT2D eigenvalue weighted by Gasteiger charge is -2.24. The fourth-order valence-corrected chi connectivity index (χ4v) is 6.20. The Morgan fingerprint density at radius 1 is 0.970 bits per heavy atom. The number of rotatable bonds is 6. The number of benzene rings is 3. The molecule has 0 aromatic heterocycles. The van der Waals surface area contributed by atoms with Crippen molar-refractivity contribution in [3.05, 3.63) is 82.3 Å². The molecular weight excluding hydrogens is 509 g/mol. The van der Waals surface area contributed by atoms with Crippen molar-refractivity contribution < 1.29 is 21.9 Å². The average molecular weight is 526 g/mol. The molecule has 1 aliphatic heterocycles. The number of aliphatic hydroxyl groups is 1. The molecular formula is C21H17Cl2N3O5S2. The highest BCUT2D eigenvalue weighted by Crippen LogP contribution is 2.31. The van der Waals surface area contributed by atoms with E-state index >= 15 is 0 Å². The lowest BCUT2D eigenvalue weighted by atomic mass is 10.2. The average Bonchev–Trinajstić information content (AvgIpc) is 3.04. The van der Waals surface area contributed by atoms with Crippen LogP contribution in [0.1, 0.15) is 5.56 Å². The predicted octanol–water partition coefficient (Wildman–Crippen LogP) is 3.74. The predicted molar refractivity (Wildman–Crippen MR) is 128 cm³/mol. The highest BCUT2D eigenvalue weighted by Gasteiger charge is 2.29. The number of aliphatic hydroxyl groups excluding tert-OH is 1. The smallest absolute Gasteiger partial charge is 0.285 e. The molecule has 0 bridgehead atoms. The number of sulfonamides is 2. The third kappa shape index (κ3) is 4.57. The Hall–Kier alpha value is -2.63. The maximum Gasteiger partial charge on any atom is 0.285 e. The second-order valence-electron chi connectivity index (χ2n) is 6.96. The summed E-state index contributed by atoms with van der Waals surface area (Å²) in [5.41, 5.74) is 1.13. The molecule has 1 heterocycles. The summed E-state index contributed by atoms with van der Waals surface area (Å²) < 4.78 is 55.7. The zero-order valence-electron chi connectivity index (χ0n) is 16.8. The normalized spacial score (nSPS) is 14.5. The van der Waals surface area contributed by atoms with E-state index < -0.39 is 26.7 Å². The van der Waals surface area contributed by atoms with Crippen molar-refractivity contribution in [2.45, 2.75) is 9.79 Å². The van der Waals surface area contributed by atoms with Crippen molar-refractivity contribution >= 4 is 60.5 Å². The number of amidine groups is 1. The van der Waals surface area contributed by atoms with Crippen LogP contribution in [-0.4, -0.2) is 40.9 Å². The Morgan fingerprint density at radius 3 is 2.33 bits per heavy atom. The molecule has 33 heavy (non-hydrogen) atoms. The van der Waals surface area contributed by atoms with Crippen LogP contribution in [0.5, 0.6) is 0 Å². The summed E-state index contributed by atoms with van der Waals surface area (Å²) in [6, 6.07) is 16.5. The minimum Gasteiger partial charge on any atom is -0.394 e. The number of nitrogens with one attached hydrogen (secondary N) is 1. The first-order valence-corrected chi connectivity index (χ1v) is 13.2. The molecule has 0 amide bonds. The van der Waals surface area contributed by atoms with Gasteiger partial charge in [-0.2, -0.15) is 8.42 Å². The van der Waals surface area contributed by atoms with Gasteiger partial charge in [-0.05, 0) is 54.6 Å². The highest BCUT2D eigenvalue weighted by molar-refractivity contribution is 7.92. The molecule has 3 aromatic carbocycles.